The van der Waals surface area contributed by atoms with Crippen molar-refractivity contribution in [2.75, 3.05) is 20.3 Å². The van der Waals surface area contributed by atoms with Gasteiger partial charge in [0.2, 0.25) is 5.88 Å². The first-order valence-corrected chi connectivity index (χ1v) is 5.45. The molecular weight excluding hydrogens is 281 g/mol. The maximum Gasteiger partial charge on any atom is 0.452 e. The van der Waals surface area contributed by atoms with Gasteiger partial charge in [0.25, 0.3) is 12.2 Å². The third-order valence-corrected chi connectivity index (χ3v) is 2.08. The van der Waals surface area contributed by atoms with E-state index in [0.717, 1.165) is 0 Å². The van der Waals surface area contributed by atoms with Crippen LogP contribution in [0.15, 0.2) is 18.3 Å². The number of rotatable bonds is 7. The molecule has 20 heavy (non-hydrogen) atoms. The molecule has 0 radical (unpaired) electrons. The summed E-state index contributed by atoms with van der Waals surface area (Å²) >= 11 is 0. The first kappa shape index (κ1) is 16.2. The van der Waals surface area contributed by atoms with Crippen molar-refractivity contribution in [1.82, 2.24) is 4.98 Å². The van der Waals surface area contributed by atoms with Crippen molar-refractivity contribution in [1.29, 1.82) is 0 Å². The minimum absolute atomic E-state index is 0.0408. The van der Waals surface area contributed by atoms with Gasteiger partial charge >= 0.3 is 6.18 Å². The van der Waals surface area contributed by atoms with Gasteiger partial charge in [0, 0.05) is 13.3 Å². The van der Waals surface area contributed by atoms with E-state index in [1.807, 2.05) is 0 Å². The van der Waals surface area contributed by atoms with Crippen LogP contribution in [0.5, 0.6) is 5.88 Å². The number of nitrogens with two attached hydrogens (primary N) is 1. The molecule has 9 heteroatoms. The van der Waals surface area contributed by atoms with Gasteiger partial charge in [0.05, 0.1) is 13.2 Å². The fraction of sp³-hybridized carbons (Fsp3) is 0.455. The molecule has 1 aromatic heterocycles. The van der Waals surface area contributed by atoms with Crippen molar-refractivity contribution in [3.05, 3.63) is 23.9 Å². The summed E-state index contributed by atoms with van der Waals surface area (Å²) in [4.78, 5) is 14.6. The molecule has 0 fully saturated rings. The molecule has 1 unspecified atom stereocenters. The monoisotopic (exact) mass is 294 g/mol. The van der Waals surface area contributed by atoms with E-state index in [-0.39, 0.29) is 18.8 Å². The number of hydrogen-bond donors (Lipinski definition) is 1. The van der Waals surface area contributed by atoms with Gasteiger partial charge in [0.1, 0.15) is 5.56 Å². The van der Waals surface area contributed by atoms with E-state index in [1.54, 1.807) is 0 Å². The number of halogens is 3. The molecule has 2 N–H and O–H groups in total. The highest BCUT2D eigenvalue weighted by molar-refractivity contribution is 5.94. The minimum Gasteiger partial charge on any atom is -0.437 e. The van der Waals surface area contributed by atoms with Crippen LogP contribution >= 0.6 is 0 Å². The molecule has 1 aromatic rings. The van der Waals surface area contributed by atoms with Crippen LogP contribution in [0.3, 0.4) is 0 Å². The lowest BCUT2D eigenvalue weighted by atomic mass is 10.2. The highest BCUT2D eigenvalue weighted by Crippen LogP contribution is 2.26. The molecule has 0 aliphatic rings. The first-order valence-electron chi connectivity index (χ1n) is 5.45. The second-order valence-electron chi connectivity index (χ2n) is 3.58. The van der Waals surface area contributed by atoms with Gasteiger partial charge in [-0.2, -0.15) is 13.2 Å². The van der Waals surface area contributed by atoms with E-state index in [0.29, 0.717) is 0 Å². The Morgan fingerprint density at radius 2 is 2.15 bits per heavy atom. The second kappa shape index (κ2) is 7.06. The Labute approximate surface area is 112 Å². The van der Waals surface area contributed by atoms with Crippen molar-refractivity contribution < 1.29 is 32.2 Å². The molecule has 0 spiro atoms. The largest absolute Gasteiger partial charge is 0.452 e. The van der Waals surface area contributed by atoms with Gasteiger partial charge in [-0.25, -0.2) is 4.98 Å². The standard InChI is InChI=1S/C11H13F3N2O4/c1-18-5-6-19-10(11(12,13)14)20-9-7(8(15)17)3-2-4-16-9/h2-4,10H,5-6H2,1H3,(H2,15,17). The number of pyridine rings is 1. The molecule has 0 saturated heterocycles. The highest BCUT2D eigenvalue weighted by Gasteiger charge is 2.44. The smallest absolute Gasteiger partial charge is 0.437 e. The average molecular weight is 294 g/mol. The van der Waals surface area contributed by atoms with E-state index in [9.17, 15) is 18.0 Å². The number of carbonyl (C=O) groups excluding carboxylic acids is 1. The predicted molar refractivity (Wildman–Crippen MR) is 61.1 cm³/mol. The van der Waals surface area contributed by atoms with E-state index in [1.165, 1.54) is 25.4 Å². The summed E-state index contributed by atoms with van der Waals surface area (Å²) in [5.41, 5.74) is 4.75. The summed E-state index contributed by atoms with van der Waals surface area (Å²) in [7, 11) is 1.32. The van der Waals surface area contributed by atoms with Crippen molar-refractivity contribution in [2.24, 2.45) is 5.73 Å². The van der Waals surface area contributed by atoms with Crippen molar-refractivity contribution in [2.45, 2.75) is 12.5 Å². The minimum atomic E-state index is -4.79. The Morgan fingerprint density at radius 3 is 2.70 bits per heavy atom. The number of nitrogens with zero attached hydrogens (tertiary/aromatic N) is 1. The summed E-state index contributed by atoms with van der Waals surface area (Å²) in [5, 5.41) is 0. The van der Waals surface area contributed by atoms with Gasteiger partial charge in [-0.3, -0.25) is 4.79 Å². The highest BCUT2D eigenvalue weighted by atomic mass is 19.4. The Morgan fingerprint density at radius 1 is 1.45 bits per heavy atom. The lowest BCUT2D eigenvalue weighted by Crippen LogP contribution is -2.38. The molecule has 0 aliphatic heterocycles. The number of hydrogen-bond acceptors (Lipinski definition) is 5. The van der Waals surface area contributed by atoms with Gasteiger partial charge < -0.3 is 19.9 Å². The first-order chi connectivity index (χ1) is 9.36. The molecule has 1 atom stereocenters. The van der Waals surface area contributed by atoms with Crippen LogP contribution in [0, 0.1) is 0 Å². The van der Waals surface area contributed by atoms with Crippen LogP contribution in [-0.4, -0.2) is 43.7 Å². The maximum atomic E-state index is 12.7. The van der Waals surface area contributed by atoms with Gasteiger partial charge in [-0.1, -0.05) is 0 Å². The number of alkyl halides is 3. The van der Waals surface area contributed by atoms with Crippen molar-refractivity contribution in [3.63, 3.8) is 0 Å². The van der Waals surface area contributed by atoms with Crippen molar-refractivity contribution >= 4 is 5.91 Å². The summed E-state index contributed by atoms with van der Waals surface area (Å²) in [6.45, 7) is -0.375. The summed E-state index contributed by atoms with van der Waals surface area (Å²) < 4.78 is 51.9. The Bertz CT molecular complexity index is 454. The van der Waals surface area contributed by atoms with Crippen LogP contribution in [0.25, 0.3) is 0 Å². The predicted octanol–water partition coefficient (Wildman–Crippen LogP) is 1.11. The molecule has 0 aromatic carbocycles. The third kappa shape index (κ3) is 4.67. The third-order valence-electron chi connectivity index (χ3n) is 2.08. The molecule has 0 aliphatic carbocycles. The van der Waals surface area contributed by atoms with Crippen LogP contribution in [0.1, 0.15) is 10.4 Å². The molecule has 1 rings (SSSR count). The molecule has 6 nitrogen and oxygen atoms in total. The molecule has 112 valence electrons. The zero-order chi connectivity index (χ0) is 15.2. The van der Waals surface area contributed by atoms with Crippen LogP contribution in [-0.2, 0) is 9.47 Å². The van der Waals surface area contributed by atoms with Crippen LogP contribution in [0.2, 0.25) is 0 Å². The Balaban J connectivity index is 2.87. The maximum absolute atomic E-state index is 12.7. The number of aromatic nitrogens is 1. The van der Waals surface area contributed by atoms with Crippen molar-refractivity contribution in [3.8, 4) is 5.88 Å². The number of methoxy groups -OCH3 is 1. The molecule has 1 heterocycles. The van der Waals surface area contributed by atoms with Crippen LogP contribution < -0.4 is 10.5 Å². The number of ether oxygens (including phenoxy) is 3. The SMILES string of the molecule is COCCOC(Oc1ncccc1C(N)=O)C(F)(F)F. The molecule has 0 bridgehead atoms. The fourth-order valence-corrected chi connectivity index (χ4v) is 1.21. The van der Waals surface area contributed by atoms with E-state index in [2.05, 4.69) is 19.2 Å². The normalized spacial score (nSPS) is 13.0. The lowest BCUT2D eigenvalue weighted by molar-refractivity contribution is -0.284. The van der Waals surface area contributed by atoms with Gasteiger partial charge in [0.15, 0.2) is 0 Å². The second-order valence-corrected chi connectivity index (χ2v) is 3.58. The van der Waals surface area contributed by atoms with E-state index < -0.39 is 24.3 Å². The van der Waals surface area contributed by atoms with Crippen LogP contribution in [0.4, 0.5) is 13.2 Å². The summed E-state index contributed by atoms with van der Waals surface area (Å²) in [5.74, 6) is -1.49. The topological polar surface area (TPSA) is 83.7 Å². The zero-order valence-electron chi connectivity index (χ0n) is 10.5. The van der Waals surface area contributed by atoms with Gasteiger partial charge in [-0.05, 0) is 12.1 Å². The van der Waals surface area contributed by atoms with E-state index in [4.69, 9.17) is 5.73 Å². The molecule has 0 saturated carbocycles. The number of amides is 1. The lowest BCUT2D eigenvalue weighted by Gasteiger charge is -2.21. The summed E-state index contributed by atoms with van der Waals surface area (Å²) in [6, 6.07) is 2.55. The van der Waals surface area contributed by atoms with Gasteiger partial charge in [-0.15, -0.1) is 0 Å². The number of primary amides is 1. The Hall–Kier alpha value is -1.87. The van der Waals surface area contributed by atoms with E-state index >= 15 is 0 Å². The average Bonchev–Trinajstić information content (AvgIpc) is 2.37. The molecule has 1 amide bonds. The zero-order valence-corrected chi connectivity index (χ0v) is 10.5. The number of carbonyl (C=O) groups is 1. The summed E-state index contributed by atoms with van der Waals surface area (Å²) in [6.07, 6.45) is -6.18. The fourth-order valence-electron chi connectivity index (χ4n) is 1.21. The quantitative estimate of drug-likeness (QED) is 0.601. The Kier molecular flexibility index (Phi) is 5.71. The molecular formula is C11H13F3N2O4.